The molecule has 2 rings (SSSR count). The van der Waals surface area contributed by atoms with Crippen LogP contribution in [-0.2, 0) is 10.0 Å². The number of nitrogens with one attached hydrogen (secondary N) is 1. The summed E-state index contributed by atoms with van der Waals surface area (Å²) in [5.41, 5.74) is 5.64. The van der Waals surface area contributed by atoms with Crippen LogP contribution in [0.4, 0.5) is 0 Å². The second-order valence-electron chi connectivity index (χ2n) is 5.70. The third kappa shape index (κ3) is 4.56. The smallest absolute Gasteiger partial charge is 0.211 e. The van der Waals surface area contributed by atoms with Gasteiger partial charge in [0.1, 0.15) is 0 Å². The zero-order valence-electron chi connectivity index (χ0n) is 10.4. The van der Waals surface area contributed by atoms with Crippen LogP contribution in [0, 0.1) is 17.8 Å². The van der Waals surface area contributed by atoms with Gasteiger partial charge in [-0.3, -0.25) is 0 Å². The highest BCUT2D eigenvalue weighted by Gasteiger charge is 2.28. The van der Waals surface area contributed by atoms with Gasteiger partial charge in [-0.25, -0.2) is 13.1 Å². The maximum atomic E-state index is 11.7. The van der Waals surface area contributed by atoms with Gasteiger partial charge in [0.25, 0.3) is 0 Å². The summed E-state index contributed by atoms with van der Waals surface area (Å²) >= 11 is 0. The molecule has 0 bridgehead atoms. The summed E-state index contributed by atoms with van der Waals surface area (Å²) in [6.45, 7) is 1.41. The minimum atomic E-state index is -3.01. The standard InChI is InChI=1S/C12H24N2O2S/c13-7-10-1-3-11(4-2-10)8-14-17(15,16)9-12-5-6-12/h10-12,14H,1-9,13H2. The molecular formula is C12H24N2O2S. The predicted octanol–water partition coefficient (Wildman–Crippen LogP) is 1.08. The second kappa shape index (κ2) is 5.67. The molecule has 0 spiro atoms. The van der Waals surface area contributed by atoms with Gasteiger partial charge in [-0.15, -0.1) is 0 Å². The van der Waals surface area contributed by atoms with Crippen molar-refractivity contribution in [1.82, 2.24) is 4.72 Å². The molecule has 0 aromatic rings. The van der Waals surface area contributed by atoms with Crippen LogP contribution in [0.3, 0.4) is 0 Å². The van der Waals surface area contributed by atoms with E-state index >= 15 is 0 Å². The Labute approximate surface area is 104 Å². The van der Waals surface area contributed by atoms with Crippen LogP contribution in [0.25, 0.3) is 0 Å². The fraction of sp³-hybridized carbons (Fsp3) is 1.00. The Morgan fingerprint density at radius 3 is 2.00 bits per heavy atom. The molecule has 100 valence electrons. The molecule has 2 saturated carbocycles. The summed E-state index contributed by atoms with van der Waals surface area (Å²) in [6.07, 6.45) is 6.73. The van der Waals surface area contributed by atoms with Gasteiger partial charge >= 0.3 is 0 Å². The largest absolute Gasteiger partial charge is 0.330 e. The second-order valence-corrected chi connectivity index (χ2v) is 7.55. The van der Waals surface area contributed by atoms with Gasteiger partial charge in [0.05, 0.1) is 5.75 Å². The highest BCUT2D eigenvalue weighted by atomic mass is 32.2. The summed E-state index contributed by atoms with van der Waals surface area (Å²) in [4.78, 5) is 0. The van der Waals surface area contributed by atoms with Crippen molar-refractivity contribution in [1.29, 1.82) is 0 Å². The van der Waals surface area contributed by atoms with Gasteiger partial charge in [-0.2, -0.15) is 0 Å². The molecule has 0 amide bonds. The normalized spacial score (nSPS) is 30.4. The van der Waals surface area contributed by atoms with Crippen molar-refractivity contribution in [3.05, 3.63) is 0 Å². The van der Waals surface area contributed by atoms with Crippen molar-refractivity contribution < 1.29 is 8.42 Å². The molecule has 0 atom stereocenters. The number of sulfonamides is 1. The van der Waals surface area contributed by atoms with Crippen molar-refractivity contribution in [3.8, 4) is 0 Å². The lowest BCUT2D eigenvalue weighted by Gasteiger charge is -2.27. The first-order valence-electron chi connectivity index (χ1n) is 6.76. The quantitative estimate of drug-likeness (QED) is 0.750. The third-order valence-corrected chi connectivity index (χ3v) is 5.56. The molecule has 0 radical (unpaired) electrons. The fourth-order valence-electron chi connectivity index (χ4n) is 2.57. The van der Waals surface area contributed by atoms with Crippen LogP contribution in [-0.4, -0.2) is 27.3 Å². The Morgan fingerprint density at radius 2 is 1.47 bits per heavy atom. The minimum absolute atomic E-state index is 0.338. The molecule has 4 nitrogen and oxygen atoms in total. The average molecular weight is 260 g/mol. The summed E-state index contributed by atoms with van der Waals surface area (Å²) < 4.78 is 26.2. The monoisotopic (exact) mass is 260 g/mol. The Morgan fingerprint density at radius 1 is 0.941 bits per heavy atom. The molecule has 2 fully saturated rings. The number of hydrogen-bond acceptors (Lipinski definition) is 3. The van der Waals surface area contributed by atoms with Gasteiger partial charge < -0.3 is 5.73 Å². The first kappa shape index (κ1) is 13.3. The molecule has 0 unspecified atom stereocenters. The van der Waals surface area contributed by atoms with Crippen molar-refractivity contribution in [2.75, 3.05) is 18.8 Å². The SMILES string of the molecule is NCC1CCC(CNS(=O)(=O)CC2CC2)CC1. The molecule has 2 aliphatic carbocycles. The maximum Gasteiger partial charge on any atom is 0.211 e. The van der Waals surface area contributed by atoms with Gasteiger partial charge in [-0.1, -0.05) is 0 Å². The fourth-order valence-corrected chi connectivity index (χ4v) is 4.13. The summed E-state index contributed by atoms with van der Waals surface area (Å²) in [6, 6.07) is 0. The van der Waals surface area contributed by atoms with Crippen LogP contribution in [0.5, 0.6) is 0 Å². The van der Waals surface area contributed by atoms with Crippen LogP contribution < -0.4 is 10.5 Å². The van der Waals surface area contributed by atoms with E-state index in [-0.39, 0.29) is 0 Å². The molecule has 0 saturated heterocycles. The van der Waals surface area contributed by atoms with Crippen molar-refractivity contribution >= 4 is 10.0 Å². The molecule has 5 heteroatoms. The summed E-state index contributed by atoms with van der Waals surface area (Å²) in [5.74, 6) is 1.95. The maximum absolute atomic E-state index is 11.7. The van der Waals surface area contributed by atoms with E-state index in [9.17, 15) is 8.42 Å². The Balaban J connectivity index is 1.67. The van der Waals surface area contributed by atoms with E-state index in [0.717, 1.165) is 45.1 Å². The molecule has 17 heavy (non-hydrogen) atoms. The zero-order valence-corrected chi connectivity index (χ0v) is 11.2. The topological polar surface area (TPSA) is 72.2 Å². The van der Waals surface area contributed by atoms with Gasteiger partial charge in [-0.05, 0) is 62.8 Å². The molecular weight excluding hydrogens is 236 g/mol. The Bertz CT molecular complexity index is 330. The number of nitrogens with two attached hydrogens (primary N) is 1. The van der Waals surface area contributed by atoms with Crippen LogP contribution in [0.15, 0.2) is 0 Å². The van der Waals surface area contributed by atoms with Gasteiger partial charge in [0.15, 0.2) is 0 Å². The zero-order chi connectivity index (χ0) is 12.3. The van der Waals surface area contributed by atoms with E-state index in [1.54, 1.807) is 0 Å². The van der Waals surface area contributed by atoms with Crippen molar-refractivity contribution in [2.24, 2.45) is 23.5 Å². The summed E-state index contributed by atoms with van der Waals surface area (Å²) in [5, 5.41) is 0. The van der Waals surface area contributed by atoms with Crippen molar-refractivity contribution in [3.63, 3.8) is 0 Å². The van der Waals surface area contributed by atoms with E-state index in [2.05, 4.69) is 4.72 Å². The highest BCUT2D eigenvalue weighted by Crippen LogP contribution is 2.30. The molecule has 2 aliphatic rings. The average Bonchev–Trinajstić information content (AvgIpc) is 3.10. The van der Waals surface area contributed by atoms with E-state index in [1.165, 1.54) is 0 Å². The molecule has 0 aromatic heterocycles. The lowest BCUT2D eigenvalue weighted by atomic mass is 9.82. The molecule has 3 N–H and O–H groups in total. The first-order chi connectivity index (χ1) is 8.09. The van der Waals surface area contributed by atoms with Crippen LogP contribution >= 0.6 is 0 Å². The molecule has 0 aliphatic heterocycles. The van der Waals surface area contributed by atoms with Gasteiger partial charge in [0.2, 0.25) is 10.0 Å². The van der Waals surface area contributed by atoms with Gasteiger partial charge in [0, 0.05) is 6.54 Å². The van der Waals surface area contributed by atoms with E-state index in [4.69, 9.17) is 5.73 Å². The third-order valence-electron chi connectivity index (χ3n) is 4.04. The number of hydrogen-bond donors (Lipinski definition) is 2. The molecule has 0 heterocycles. The molecule has 0 aromatic carbocycles. The van der Waals surface area contributed by atoms with Crippen molar-refractivity contribution in [2.45, 2.75) is 38.5 Å². The number of rotatable bonds is 6. The Kier molecular flexibility index (Phi) is 4.44. The minimum Gasteiger partial charge on any atom is -0.330 e. The lowest BCUT2D eigenvalue weighted by Crippen LogP contribution is -2.34. The van der Waals surface area contributed by atoms with E-state index in [1.807, 2.05) is 0 Å². The Hall–Kier alpha value is -0.130. The van der Waals surface area contributed by atoms with Crippen LogP contribution in [0.1, 0.15) is 38.5 Å². The van der Waals surface area contributed by atoms with E-state index in [0.29, 0.717) is 30.1 Å². The predicted molar refractivity (Wildman–Crippen MR) is 69.0 cm³/mol. The lowest BCUT2D eigenvalue weighted by molar-refractivity contribution is 0.280. The van der Waals surface area contributed by atoms with E-state index < -0.39 is 10.0 Å². The first-order valence-corrected chi connectivity index (χ1v) is 8.41. The summed E-state index contributed by atoms with van der Waals surface area (Å²) in [7, 11) is -3.01. The van der Waals surface area contributed by atoms with Crippen LogP contribution in [0.2, 0.25) is 0 Å². The highest BCUT2D eigenvalue weighted by molar-refractivity contribution is 7.89.